The molecule has 1 atom stereocenters. The monoisotopic (exact) mass is 537 g/mol. The van der Waals surface area contributed by atoms with E-state index >= 15 is 0 Å². The molecule has 0 unspecified atom stereocenters. The zero-order chi connectivity index (χ0) is 24.8. The van der Waals surface area contributed by atoms with Crippen molar-refractivity contribution < 1.29 is 18.0 Å². The number of nitrogens with zero attached hydrogens (tertiary/aromatic N) is 2. The van der Waals surface area contributed by atoms with Crippen molar-refractivity contribution in [3.63, 3.8) is 0 Å². The molecule has 0 saturated heterocycles. The molecular formula is C24H32BrN3O4S. The van der Waals surface area contributed by atoms with Crippen LogP contribution in [0.15, 0.2) is 46.9 Å². The first-order valence-corrected chi connectivity index (χ1v) is 13.4. The number of carbonyl (C=O) groups excluding carboxylic acids is 2. The molecule has 7 nitrogen and oxygen atoms in total. The number of anilines is 1. The Bertz CT molecular complexity index is 1090. The summed E-state index contributed by atoms with van der Waals surface area (Å²) in [5, 5.41) is 2.59. The summed E-state index contributed by atoms with van der Waals surface area (Å²) >= 11 is 3.40. The molecule has 2 amide bonds. The van der Waals surface area contributed by atoms with E-state index in [9.17, 15) is 18.0 Å². The Morgan fingerprint density at radius 2 is 1.73 bits per heavy atom. The summed E-state index contributed by atoms with van der Waals surface area (Å²) in [5.74, 6) is -0.461. The summed E-state index contributed by atoms with van der Waals surface area (Å²) in [5.41, 5.74) is 3.33. The predicted molar refractivity (Wildman–Crippen MR) is 136 cm³/mol. The van der Waals surface area contributed by atoms with Crippen LogP contribution in [0.4, 0.5) is 5.69 Å². The van der Waals surface area contributed by atoms with E-state index in [-0.39, 0.29) is 31.3 Å². The number of nitrogens with one attached hydrogen (secondary N) is 1. The molecule has 2 aromatic rings. The lowest BCUT2D eigenvalue weighted by Crippen LogP contribution is -2.46. The lowest BCUT2D eigenvalue weighted by Gasteiger charge is -2.29. The van der Waals surface area contributed by atoms with Crippen molar-refractivity contribution in [3.8, 4) is 0 Å². The molecule has 0 bridgehead atoms. The number of halogens is 1. The molecule has 0 spiro atoms. The summed E-state index contributed by atoms with van der Waals surface area (Å²) < 4.78 is 27.2. The second-order valence-electron chi connectivity index (χ2n) is 8.17. The Morgan fingerprint density at radius 3 is 2.30 bits per heavy atom. The van der Waals surface area contributed by atoms with Crippen LogP contribution >= 0.6 is 15.9 Å². The summed E-state index contributed by atoms with van der Waals surface area (Å²) in [7, 11) is -1.98. The number of aryl methyl sites for hydroxylation is 2. The van der Waals surface area contributed by atoms with Gasteiger partial charge in [-0.1, -0.05) is 40.2 Å². The van der Waals surface area contributed by atoms with Crippen LogP contribution < -0.4 is 9.62 Å². The van der Waals surface area contributed by atoms with Gasteiger partial charge in [-0.25, -0.2) is 8.42 Å². The van der Waals surface area contributed by atoms with Gasteiger partial charge < -0.3 is 10.2 Å². The van der Waals surface area contributed by atoms with Crippen molar-refractivity contribution in [3.05, 3.63) is 63.6 Å². The van der Waals surface area contributed by atoms with Gasteiger partial charge in [0.2, 0.25) is 21.8 Å². The topological polar surface area (TPSA) is 86.8 Å². The van der Waals surface area contributed by atoms with Crippen molar-refractivity contribution in [1.82, 2.24) is 10.2 Å². The number of amides is 2. The summed E-state index contributed by atoms with van der Waals surface area (Å²) in [6.45, 7) is 5.92. The second-order valence-corrected chi connectivity index (χ2v) is 11.0. The van der Waals surface area contributed by atoms with Crippen molar-refractivity contribution >= 4 is 43.5 Å². The maximum atomic E-state index is 13.1. The molecule has 0 aliphatic carbocycles. The van der Waals surface area contributed by atoms with Crippen LogP contribution in [0.25, 0.3) is 0 Å². The molecule has 33 heavy (non-hydrogen) atoms. The number of likely N-dealkylation sites (N-methyl/N-ethyl adjacent to an activating group) is 1. The Balaban J connectivity index is 2.17. The SMILES string of the molecule is CNC(=O)[C@@H](C)N(Cc1ccc(Br)cc1)C(=O)CCCN(c1cc(C)ccc1C)S(C)(=O)=O. The van der Waals surface area contributed by atoms with Gasteiger partial charge in [0.25, 0.3) is 0 Å². The van der Waals surface area contributed by atoms with E-state index in [2.05, 4.69) is 21.2 Å². The Kier molecular flexibility index (Phi) is 9.48. The molecule has 0 aliphatic rings. The second kappa shape index (κ2) is 11.7. The minimum atomic E-state index is -3.52. The van der Waals surface area contributed by atoms with Crippen LogP contribution in [0.1, 0.15) is 36.5 Å². The average molecular weight is 539 g/mol. The van der Waals surface area contributed by atoms with Gasteiger partial charge in [-0.3, -0.25) is 13.9 Å². The molecule has 0 saturated carbocycles. The van der Waals surface area contributed by atoms with E-state index in [1.807, 2.05) is 56.3 Å². The van der Waals surface area contributed by atoms with E-state index in [1.54, 1.807) is 6.92 Å². The van der Waals surface area contributed by atoms with Gasteiger partial charge in [0.15, 0.2) is 0 Å². The molecule has 2 rings (SSSR count). The first-order chi connectivity index (χ1) is 15.4. The maximum absolute atomic E-state index is 13.1. The van der Waals surface area contributed by atoms with Crippen LogP contribution in [0.5, 0.6) is 0 Å². The lowest BCUT2D eigenvalue weighted by atomic mass is 10.1. The molecule has 2 aromatic carbocycles. The fourth-order valence-electron chi connectivity index (χ4n) is 3.55. The summed E-state index contributed by atoms with van der Waals surface area (Å²) in [4.78, 5) is 26.9. The predicted octanol–water partition coefficient (Wildman–Crippen LogP) is 3.78. The van der Waals surface area contributed by atoms with Gasteiger partial charge in [-0.05, 0) is 62.1 Å². The van der Waals surface area contributed by atoms with Crippen molar-refractivity contribution in [1.29, 1.82) is 0 Å². The molecule has 9 heteroatoms. The maximum Gasteiger partial charge on any atom is 0.242 e. The third-order valence-electron chi connectivity index (χ3n) is 5.47. The van der Waals surface area contributed by atoms with Gasteiger partial charge >= 0.3 is 0 Å². The van der Waals surface area contributed by atoms with Crippen molar-refractivity contribution in [2.45, 2.75) is 46.2 Å². The number of carbonyl (C=O) groups is 2. The normalized spacial score (nSPS) is 12.2. The number of hydrogen-bond acceptors (Lipinski definition) is 4. The Hall–Kier alpha value is -2.39. The lowest BCUT2D eigenvalue weighted by molar-refractivity contribution is -0.140. The molecule has 1 N–H and O–H groups in total. The molecule has 0 aliphatic heterocycles. The van der Waals surface area contributed by atoms with Gasteiger partial charge in [0.05, 0.1) is 11.9 Å². The molecule has 0 aromatic heterocycles. The van der Waals surface area contributed by atoms with E-state index in [4.69, 9.17) is 0 Å². The van der Waals surface area contributed by atoms with Crippen LogP contribution in [0, 0.1) is 13.8 Å². The third kappa shape index (κ3) is 7.57. The van der Waals surface area contributed by atoms with Gasteiger partial charge in [0.1, 0.15) is 6.04 Å². The van der Waals surface area contributed by atoms with Crippen LogP contribution in [-0.2, 0) is 26.2 Å². The van der Waals surface area contributed by atoms with Gasteiger partial charge in [-0.15, -0.1) is 0 Å². The number of sulfonamides is 1. The number of hydrogen-bond donors (Lipinski definition) is 1. The zero-order valence-electron chi connectivity index (χ0n) is 19.8. The van der Waals surface area contributed by atoms with Crippen LogP contribution in [-0.4, -0.2) is 51.0 Å². The van der Waals surface area contributed by atoms with Gasteiger partial charge in [0, 0.05) is 31.0 Å². The molecule has 0 radical (unpaired) electrons. The Labute approximate surface area is 205 Å². The third-order valence-corrected chi connectivity index (χ3v) is 7.17. The quantitative estimate of drug-likeness (QED) is 0.499. The molecular weight excluding hydrogens is 506 g/mol. The van der Waals surface area contributed by atoms with Gasteiger partial charge in [-0.2, -0.15) is 0 Å². The van der Waals surface area contributed by atoms with E-state index < -0.39 is 16.1 Å². The molecule has 0 heterocycles. The van der Waals surface area contributed by atoms with E-state index in [0.29, 0.717) is 12.1 Å². The molecule has 180 valence electrons. The minimum Gasteiger partial charge on any atom is -0.357 e. The highest BCUT2D eigenvalue weighted by Crippen LogP contribution is 2.24. The first-order valence-electron chi connectivity index (χ1n) is 10.7. The highest BCUT2D eigenvalue weighted by molar-refractivity contribution is 9.10. The number of rotatable bonds is 10. The van der Waals surface area contributed by atoms with Crippen LogP contribution in [0.2, 0.25) is 0 Å². The zero-order valence-corrected chi connectivity index (χ0v) is 22.2. The summed E-state index contributed by atoms with van der Waals surface area (Å²) in [6.07, 6.45) is 1.62. The largest absolute Gasteiger partial charge is 0.357 e. The Morgan fingerprint density at radius 1 is 1.09 bits per heavy atom. The fraction of sp³-hybridized carbons (Fsp3) is 0.417. The standard InChI is InChI=1S/C24H32BrN3O4S/c1-17-8-9-18(2)22(15-17)28(33(5,31)32)14-6-7-23(29)27(19(3)24(30)26-4)16-20-10-12-21(25)13-11-20/h8-13,15,19H,6-7,14,16H2,1-5H3,(H,26,30)/t19-/m1/s1. The summed E-state index contributed by atoms with van der Waals surface area (Å²) in [6, 6.07) is 12.6. The smallest absolute Gasteiger partial charge is 0.242 e. The highest BCUT2D eigenvalue weighted by atomic mass is 79.9. The van der Waals surface area contributed by atoms with E-state index in [1.165, 1.54) is 22.5 Å². The van der Waals surface area contributed by atoms with E-state index in [0.717, 1.165) is 21.2 Å². The first kappa shape index (κ1) is 26.9. The van der Waals surface area contributed by atoms with Crippen LogP contribution in [0.3, 0.4) is 0 Å². The minimum absolute atomic E-state index is 0.120. The fourth-order valence-corrected chi connectivity index (χ4v) is 4.83. The highest BCUT2D eigenvalue weighted by Gasteiger charge is 2.26. The average Bonchev–Trinajstić information content (AvgIpc) is 2.76. The van der Waals surface area contributed by atoms with Crippen molar-refractivity contribution in [2.75, 3.05) is 24.2 Å². The van der Waals surface area contributed by atoms with Crippen molar-refractivity contribution in [2.24, 2.45) is 0 Å². The number of benzene rings is 2. The molecule has 0 fully saturated rings.